The van der Waals surface area contributed by atoms with Crippen LogP contribution >= 0.6 is 11.3 Å². The predicted molar refractivity (Wildman–Crippen MR) is 112 cm³/mol. The second-order valence-corrected chi connectivity index (χ2v) is 7.24. The lowest BCUT2D eigenvalue weighted by atomic mass is 10.1. The molecule has 0 aliphatic carbocycles. The molecule has 0 unspecified atom stereocenters. The first-order chi connectivity index (χ1) is 14.1. The van der Waals surface area contributed by atoms with Crippen molar-refractivity contribution in [2.75, 3.05) is 14.2 Å². The van der Waals surface area contributed by atoms with E-state index in [-0.39, 0.29) is 5.63 Å². The van der Waals surface area contributed by atoms with Gasteiger partial charge in [0.15, 0.2) is 11.5 Å². The molecule has 0 aliphatic rings. The van der Waals surface area contributed by atoms with Crippen molar-refractivity contribution in [3.8, 4) is 27.8 Å². The Hall–Kier alpha value is -3.32. The number of ether oxygens (including phenoxy) is 3. The van der Waals surface area contributed by atoms with E-state index in [9.17, 15) is 4.79 Å². The maximum Gasteiger partial charge on any atom is 0.336 e. The van der Waals surface area contributed by atoms with Gasteiger partial charge in [-0.25, -0.2) is 9.78 Å². The number of aromatic nitrogens is 1. The van der Waals surface area contributed by atoms with Gasteiger partial charge in [0.05, 0.1) is 25.5 Å². The fraction of sp³-hybridized carbons (Fsp3) is 0.182. The zero-order chi connectivity index (χ0) is 20.4. The summed E-state index contributed by atoms with van der Waals surface area (Å²) in [6.45, 7) is 2.17. The molecular formula is C22H19NO5S. The normalized spacial score (nSPS) is 10.9. The summed E-state index contributed by atoms with van der Waals surface area (Å²) in [5, 5.41) is 3.65. The molecule has 2 aromatic carbocycles. The molecule has 4 rings (SSSR count). The van der Waals surface area contributed by atoms with Crippen LogP contribution < -0.4 is 19.8 Å². The van der Waals surface area contributed by atoms with Gasteiger partial charge < -0.3 is 18.6 Å². The Morgan fingerprint density at radius 3 is 2.76 bits per heavy atom. The average Bonchev–Trinajstić information content (AvgIpc) is 3.20. The highest BCUT2D eigenvalue weighted by molar-refractivity contribution is 7.13. The first-order valence-corrected chi connectivity index (χ1v) is 9.80. The van der Waals surface area contributed by atoms with Gasteiger partial charge >= 0.3 is 5.63 Å². The molecule has 4 aromatic rings. The van der Waals surface area contributed by atoms with E-state index in [1.54, 1.807) is 20.3 Å². The Labute approximate surface area is 171 Å². The molecule has 0 N–H and O–H groups in total. The van der Waals surface area contributed by atoms with Gasteiger partial charge in [0, 0.05) is 22.9 Å². The monoisotopic (exact) mass is 409 g/mol. The zero-order valence-electron chi connectivity index (χ0n) is 16.2. The van der Waals surface area contributed by atoms with Gasteiger partial charge in [-0.3, -0.25) is 0 Å². The van der Waals surface area contributed by atoms with Crippen molar-refractivity contribution in [3.63, 3.8) is 0 Å². The molecule has 0 amide bonds. The molecule has 0 saturated heterocycles. The molecule has 0 fully saturated rings. The number of para-hydroxylation sites is 1. The third kappa shape index (κ3) is 3.82. The summed E-state index contributed by atoms with van der Waals surface area (Å²) >= 11 is 1.51. The first kappa shape index (κ1) is 19.0. The summed E-state index contributed by atoms with van der Waals surface area (Å²) in [4.78, 5) is 16.2. The molecule has 6 nitrogen and oxygen atoms in total. The second kappa shape index (κ2) is 7.97. The van der Waals surface area contributed by atoms with E-state index in [0.717, 1.165) is 27.2 Å². The fourth-order valence-electron chi connectivity index (χ4n) is 3.10. The van der Waals surface area contributed by atoms with Crippen LogP contribution in [0.25, 0.3) is 21.5 Å². The lowest BCUT2D eigenvalue weighted by Crippen LogP contribution is -1.99. The fourth-order valence-corrected chi connectivity index (χ4v) is 3.93. The predicted octanol–water partition coefficient (Wildman–Crippen LogP) is 4.82. The quantitative estimate of drug-likeness (QED) is 0.425. The maximum atomic E-state index is 11.6. The standard InChI is InChI=1S/C22H19NO5S/c1-13-9-20(24)28-19-10-15(7-8-16(13)19)27-11-14-12-29-22(23-14)17-5-4-6-18(25-2)21(17)26-3/h4-10,12H,11H2,1-3H3. The summed E-state index contributed by atoms with van der Waals surface area (Å²) in [5.74, 6) is 1.92. The lowest BCUT2D eigenvalue weighted by Gasteiger charge is -2.10. The van der Waals surface area contributed by atoms with Crippen molar-refractivity contribution in [1.82, 2.24) is 4.98 Å². The van der Waals surface area contributed by atoms with Crippen LogP contribution in [0.5, 0.6) is 17.2 Å². The number of methoxy groups -OCH3 is 2. The largest absolute Gasteiger partial charge is 0.493 e. The maximum absolute atomic E-state index is 11.6. The van der Waals surface area contributed by atoms with Crippen molar-refractivity contribution < 1.29 is 18.6 Å². The summed E-state index contributed by atoms with van der Waals surface area (Å²) in [6, 6.07) is 12.6. The van der Waals surface area contributed by atoms with Crippen LogP contribution in [0.15, 0.2) is 57.1 Å². The molecule has 0 atom stereocenters. The van der Waals surface area contributed by atoms with Crippen molar-refractivity contribution in [3.05, 3.63) is 69.5 Å². The second-order valence-electron chi connectivity index (χ2n) is 6.38. The van der Waals surface area contributed by atoms with Gasteiger partial charge in [0.25, 0.3) is 0 Å². The average molecular weight is 409 g/mol. The van der Waals surface area contributed by atoms with Crippen LogP contribution in [0.4, 0.5) is 0 Å². The number of hydrogen-bond donors (Lipinski definition) is 0. The smallest absolute Gasteiger partial charge is 0.336 e. The highest BCUT2D eigenvalue weighted by atomic mass is 32.1. The van der Waals surface area contributed by atoms with E-state index in [0.29, 0.717) is 29.4 Å². The molecule has 0 radical (unpaired) electrons. The lowest BCUT2D eigenvalue weighted by molar-refractivity contribution is 0.302. The molecular weight excluding hydrogens is 390 g/mol. The molecule has 2 heterocycles. The van der Waals surface area contributed by atoms with Crippen LogP contribution in [0, 0.1) is 6.92 Å². The molecule has 0 spiro atoms. The van der Waals surface area contributed by atoms with Crippen molar-refractivity contribution >= 4 is 22.3 Å². The van der Waals surface area contributed by atoms with Gasteiger partial charge in [0.1, 0.15) is 22.9 Å². The van der Waals surface area contributed by atoms with E-state index in [1.165, 1.54) is 17.4 Å². The molecule has 0 saturated carbocycles. The highest BCUT2D eigenvalue weighted by Gasteiger charge is 2.15. The van der Waals surface area contributed by atoms with Gasteiger partial charge in [-0.05, 0) is 36.8 Å². The summed E-state index contributed by atoms with van der Waals surface area (Å²) in [7, 11) is 3.22. The van der Waals surface area contributed by atoms with E-state index >= 15 is 0 Å². The first-order valence-electron chi connectivity index (χ1n) is 8.92. The zero-order valence-corrected chi connectivity index (χ0v) is 17.0. The van der Waals surface area contributed by atoms with E-state index in [4.69, 9.17) is 18.6 Å². The number of fused-ring (bicyclic) bond motifs is 1. The SMILES string of the molecule is COc1cccc(-c2nc(COc3ccc4c(C)cc(=O)oc4c3)cs2)c1OC. The van der Waals surface area contributed by atoms with E-state index in [2.05, 4.69) is 4.98 Å². The van der Waals surface area contributed by atoms with Crippen molar-refractivity contribution in [2.45, 2.75) is 13.5 Å². The van der Waals surface area contributed by atoms with Crippen LogP contribution in [0.1, 0.15) is 11.3 Å². The van der Waals surface area contributed by atoms with Crippen LogP contribution in [-0.4, -0.2) is 19.2 Å². The minimum atomic E-state index is -0.372. The van der Waals surface area contributed by atoms with Gasteiger partial charge in [-0.1, -0.05) is 6.07 Å². The third-order valence-electron chi connectivity index (χ3n) is 4.49. The number of aryl methyl sites for hydroxylation is 1. The Morgan fingerprint density at radius 2 is 1.97 bits per heavy atom. The summed E-state index contributed by atoms with van der Waals surface area (Å²) in [6.07, 6.45) is 0. The molecule has 2 aromatic heterocycles. The number of benzene rings is 2. The third-order valence-corrected chi connectivity index (χ3v) is 5.42. The Kier molecular flexibility index (Phi) is 5.22. The van der Waals surface area contributed by atoms with Crippen LogP contribution in [0.2, 0.25) is 0 Å². The van der Waals surface area contributed by atoms with Gasteiger partial charge in [-0.2, -0.15) is 0 Å². The molecule has 0 aliphatic heterocycles. The van der Waals surface area contributed by atoms with Crippen LogP contribution in [0.3, 0.4) is 0 Å². The van der Waals surface area contributed by atoms with Gasteiger partial charge in [0.2, 0.25) is 0 Å². The number of thiazole rings is 1. The molecule has 0 bridgehead atoms. The summed E-state index contributed by atoms with van der Waals surface area (Å²) < 4.78 is 22.0. The molecule has 29 heavy (non-hydrogen) atoms. The van der Waals surface area contributed by atoms with Gasteiger partial charge in [-0.15, -0.1) is 11.3 Å². The minimum Gasteiger partial charge on any atom is -0.493 e. The van der Waals surface area contributed by atoms with Crippen LogP contribution in [-0.2, 0) is 6.61 Å². The minimum absolute atomic E-state index is 0.296. The van der Waals surface area contributed by atoms with Crippen molar-refractivity contribution in [1.29, 1.82) is 0 Å². The Bertz CT molecular complexity index is 1230. The topological polar surface area (TPSA) is 70.8 Å². The summed E-state index contributed by atoms with van der Waals surface area (Å²) in [5.41, 5.74) is 2.67. The Morgan fingerprint density at radius 1 is 1.10 bits per heavy atom. The number of rotatable bonds is 6. The van der Waals surface area contributed by atoms with Crippen molar-refractivity contribution in [2.24, 2.45) is 0 Å². The highest BCUT2D eigenvalue weighted by Crippen LogP contribution is 2.39. The number of nitrogens with zero attached hydrogens (tertiary/aromatic N) is 1. The van der Waals surface area contributed by atoms with E-state index in [1.807, 2.05) is 42.6 Å². The number of hydrogen-bond acceptors (Lipinski definition) is 7. The molecule has 7 heteroatoms. The molecule has 148 valence electrons. The van der Waals surface area contributed by atoms with E-state index < -0.39 is 0 Å². The Balaban J connectivity index is 1.55.